The van der Waals surface area contributed by atoms with Crippen LogP contribution in [-0.4, -0.2) is 30.1 Å². The first-order chi connectivity index (χ1) is 9.58. The Labute approximate surface area is 116 Å². The molecule has 2 rings (SSSR count). The highest BCUT2D eigenvalue weighted by molar-refractivity contribution is 5.94. The Morgan fingerprint density at radius 1 is 1.55 bits per heavy atom. The van der Waals surface area contributed by atoms with Gasteiger partial charge < -0.3 is 15.8 Å². The van der Waals surface area contributed by atoms with Crippen LogP contribution in [0.4, 0.5) is 11.4 Å². The van der Waals surface area contributed by atoms with Crippen LogP contribution in [0.25, 0.3) is 0 Å². The lowest BCUT2D eigenvalue weighted by Crippen LogP contribution is -2.15. The van der Waals surface area contributed by atoms with Crippen molar-refractivity contribution in [3.8, 4) is 0 Å². The Bertz CT molecular complexity index is 512. The molecule has 1 aliphatic rings. The molecule has 0 saturated carbocycles. The van der Waals surface area contributed by atoms with Crippen molar-refractivity contribution in [2.75, 3.05) is 18.5 Å². The van der Waals surface area contributed by atoms with Crippen LogP contribution in [-0.2, 0) is 4.74 Å². The topological polar surface area (TPSA) is 107 Å². The third-order valence-electron chi connectivity index (χ3n) is 3.28. The Morgan fingerprint density at radius 3 is 2.95 bits per heavy atom. The second-order valence-corrected chi connectivity index (χ2v) is 4.70. The molecule has 1 aliphatic heterocycles. The molecule has 0 aromatic heterocycles. The number of hydrogen-bond acceptors (Lipinski definition) is 5. The van der Waals surface area contributed by atoms with Gasteiger partial charge in [-0.2, -0.15) is 0 Å². The Kier molecular flexibility index (Phi) is 4.52. The zero-order valence-corrected chi connectivity index (χ0v) is 11.0. The SMILES string of the molecule is NC(=O)c1ccc([N+](=O)[O-])c(NCCC2CCCO2)c1. The molecule has 1 saturated heterocycles. The van der Waals surface area contributed by atoms with Crippen LogP contribution >= 0.6 is 0 Å². The van der Waals surface area contributed by atoms with E-state index in [4.69, 9.17) is 10.5 Å². The molecule has 108 valence electrons. The van der Waals surface area contributed by atoms with Crippen molar-refractivity contribution in [2.45, 2.75) is 25.4 Å². The normalized spacial score (nSPS) is 17.9. The molecule has 1 unspecified atom stereocenters. The molecule has 7 heteroatoms. The Balaban J connectivity index is 2.04. The van der Waals surface area contributed by atoms with Crippen LogP contribution in [0.1, 0.15) is 29.6 Å². The maximum atomic E-state index is 11.1. The number of ether oxygens (including phenoxy) is 1. The van der Waals surface area contributed by atoms with Crippen molar-refractivity contribution >= 4 is 17.3 Å². The molecular formula is C13H17N3O4. The number of hydrogen-bond donors (Lipinski definition) is 2. The molecule has 1 heterocycles. The van der Waals surface area contributed by atoms with E-state index < -0.39 is 10.8 Å². The number of nitrogens with two attached hydrogens (primary N) is 1. The summed E-state index contributed by atoms with van der Waals surface area (Å²) in [5.41, 5.74) is 5.67. The van der Waals surface area contributed by atoms with Crippen LogP contribution in [0.15, 0.2) is 18.2 Å². The predicted octanol–water partition coefficient (Wildman–Crippen LogP) is 1.67. The number of nitrogens with one attached hydrogen (secondary N) is 1. The van der Waals surface area contributed by atoms with Crippen molar-refractivity contribution in [3.63, 3.8) is 0 Å². The van der Waals surface area contributed by atoms with Gasteiger partial charge >= 0.3 is 0 Å². The minimum absolute atomic E-state index is 0.0673. The highest BCUT2D eigenvalue weighted by Gasteiger charge is 2.18. The van der Waals surface area contributed by atoms with Gasteiger partial charge in [-0.25, -0.2) is 0 Å². The molecule has 1 amide bonds. The molecule has 3 N–H and O–H groups in total. The molecule has 1 aromatic rings. The zero-order valence-electron chi connectivity index (χ0n) is 11.0. The summed E-state index contributed by atoms with van der Waals surface area (Å²) in [6.07, 6.45) is 3.06. The van der Waals surface area contributed by atoms with Crippen molar-refractivity contribution < 1.29 is 14.5 Å². The van der Waals surface area contributed by atoms with Crippen LogP contribution in [0.2, 0.25) is 0 Å². The second-order valence-electron chi connectivity index (χ2n) is 4.70. The third kappa shape index (κ3) is 3.45. The van der Waals surface area contributed by atoms with Crippen LogP contribution in [0.5, 0.6) is 0 Å². The van der Waals surface area contributed by atoms with E-state index in [9.17, 15) is 14.9 Å². The number of rotatable bonds is 6. The highest BCUT2D eigenvalue weighted by Crippen LogP contribution is 2.26. The zero-order chi connectivity index (χ0) is 14.5. The van der Waals surface area contributed by atoms with Gasteiger partial charge in [-0.3, -0.25) is 14.9 Å². The van der Waals surface area contributed by atoms with Gasteiger partial charge in [0.25, 0.3) is 5.69 Å². The van der Waals surface area contributed by atoms with E-state index in [0.717, 1.165) is 25.9 Å². The van der Waals surface area contributed by atoms with E-state index in [0.29, 0.717) is 12.2 Å². The maximum absolute atomic E-state index is 11.1. The smallest absolute Gasteiger partial charge is 0.292 e. The van der Waals surface area contributed by atoms with Crippen LogP contribution in [0.3, 0.4) is 0 Å². The number of amides is 1. The van der Waals surface area contributed by atoms with E-state index in [-0.39, 0.29) is 17.4 Å². The van der Waals surface area contributed by atoms with E-state index in [2.05, 4.69) is 5.32 Å². The summed E-state index contributed by atoms with van der Waals surface area (Å²) in [4.78, 5) is 21.6. The fourth-order valence-corrected chi connectivity index (χ4v) is 2.23. The summed E-state index contributed by atoms with van der Waals surface area (Å²) < 4.78 is 5.48. The standard InChI is InChI=1S/C13H17N3O4/c14-13(17)9-3-4-12(16(18)19)11(8-9)15-6-5-10-2-1-7-20-10/h3-4,8,10,15H,1-2,5-7H2,(H2,14,17). The molecule has 1 fully saturated rings. The summed E-state index contributed by atoms with van der Waals surface area (Å²) in [5, 5.41) is 13.9. The summed E-state index contributed by atoms with van der Waals surface area (Å²) in [6, 6.07) is 4.05. The maximum Gasteiger partial charge on any atom is 0.292 e. The van der Waals surface area contributed by atoms with E-state index in [1.807, 2.05) is 0 Å². The third-order valence-corrected chi connectivity index (χ3v) is 3.28. The molecule has 0 spiro atoms. The van der Waals surface area contributed by atoms with E-state index >= 15 is 0 Å². The average Bonchev–Trinajstić information content (AvgIpc) is 2.91. The van der Waals surface area contributed by atoms with Crippen molar-refractivity contribution in [2.24, 2.45) is 5.73 Å². The molecule has 0 aliphatic carbocycles. The van der Waals surface area contributed by atoms with Crippen LogP contribution in [0, 0.1) is 10.1 Å². The number of nitrogens with zero attached hydrogens (tertiary/aromatic N) is 1. The molecular weight excluding hydrogens is 262 g/mol. The van der Waals surface area contributed by atoms with E-state index in [1.54, 1.807) is 0 Å². The first-order valence-electron chi connectivity index (χ1n) is 6.51. The minimum Gasteiger partial charge on any atom is -0.379 e. The van der Waals surface area contributed by atoms with Gasteiger partial charge in [0, 0.05) is 24.8 Å². The lowest BCUT2D eigenvalue weighted by Gasteiger charge is -2.11. The van der Waals surface area contributed by atoms with Gasteiger partial charge in [0.1, 0.15) is 5.69 Å². The van der Waals surface area contributed by atoms with Gasteiger partial charge in [-0.1, -0.05) is 0 Å². The van der Waals surface area contributed by atoms with Gasteiger partial charge in [0.2, 0.25) is 5.91 Å². The minimum atomic E-state index is -0.609. The number of benzene rings is 1. The van der Waals surface area contributed by atoms with E-state index in [1.165, 1.54) is 18.2 Å². The van der Waals surface area contributed by atoms with Gasteiger partial charge in [0.05, 0.1) is 11.0 Å². The molecule has 0 bridgehead atoms. The van der Waals surface area contributed by atoms with Crippen molar-refractivity contribution in [1.82, 2.24) is 0 Å². The number of nitro benzene ring substituents is 1. The lowest BCUT2D eigenvalue weighted by atomic mass is 10.1. The van der Waals surface area contributed by atoms with Gasteiger partial charge in [-0.15, -0.1) is 0 Å². The summed E-state index contributed by atoms with van der Waals surface area (Å²) in [7, 11) is 0. The number of nitro groups is 1. The van der Waals surface area contributed by atoms with Crippen molar-refractivity contribution in [1.29, 1.82) is 0 Å². The molecule has 0 radical (unpaired) electrons. The quantitative estimate of drug-likeness (QED) is 0.608. The molecule has 1 aromatic carbocycles. The predicted molar refractivity (Wildman–Crippen MR) is 73.7 cm³/mol. The second kappa shape index (κ2) is 6.33. The van der Waals surface area contributed by atoms with Crippen LogP contribution < -0.4 is 11.1 Å². The number of carbonyl (C=O) groups is 1. The van der Waals surface area contributed by atoms with Gasteiger partial charge in [-0.05, 0) is 31.4 Å². The largest absolute Gasteiger partial charge is 0.379 e. The number of anilines is 1. The average molecular weight is 279 g/mol. The summed E-state index contributed by atoms with van der Waals surface area (Å²) in [6.45, 7) is 1.33. The Hall–Kier alpha value is -2.15. The fraction of sp³-hybridized carbons (Fsp3) is 0.462. The summed E-state index contributed by atoms with van der Waals surface area (Å²) in [5.74, 6) is -0.609. The van der Waals surface area contributed by atoms with Gasteiger partial charge in [0.15, 0.2) is 0 Å². The first-order valence-corrected chi connectivity index (χ1v) is 6.51. The summed E-state index contributed by atoms with van der Waals surface area (Å²) >= 11 is 0. The first kappa shape index (κ1) is 14.3. The highest BCUT2D eigenvalue weighted by atomic mass is 16.6. The monoisotopic (exact) mass is 279 g/mol. The fourth-order valence-electron chi connectivity index (χ4n) is 2.23. The molecule has 20 heavy (non-hydrogen) atoms. The van der Waals surface area contributed by atoms with Crippen molar-refractivity contribution in [3.05, 3.63) is 33.9 Å². The lowest BCUT2D eigenvalue weighted by molar-refractivity contribution is -0.384. The molecule has 1 atom stereocenters. The Morgan fingerprint density at radius 2 is 2.35 bits per heavy atom. The number of carbonyl (C=O) groups excluding carboxylic acids is 1. The molecule has 7 nitrogen and oxygen atoms in total. The number of primary amides is 1.